The van der Waals surface area contributed by atoms with Crippen LogP contribution in [0.3, 0.4) is 0 Å². The molecule has 7 aliphatic heterocycles. The number of ether oxygens (including phenoxy) is 13. The molecule has 0 spiro atoms. The van der Waals surface area contributed by atoms with E-state index in [9.17, 15) is 151 Å². The van der Waals surface area contributed by atoms with Gasteiger partial charge in [-0.2, -0.15) is 0 Å². The third kappa shape index (κ3) is 13.4. The van der Waals surface area contributed by atoms with Crippen molar-refractivity contribution in [2.24, 2.45) is 0 Å². The summed E-state index contributed by atoms with van der Waals surface area (Å²) in [5, 5.41) is 241. The fourth-order valence-corrected chi connectivity index (χ4v) is 9.79. The van der Waals surface area contributed by atoms with E-state index in [1.165, 1.54) is 0 Å². The van der Waals surface area contributed by atoms with E-state index in [1.54, 1.807) is 0 Å². The van der Waals surface area contributed by atoms with E-state index in [1.807, 2.05) is 0 Å². The highest BCUT2D eigenvalue weighted by atomic mass is 16.8. The zero-order chi connectivity index (χ0) is 63.4. The van der Waals surface area contributed by atoms with Gasteiger partial charge in [0.1, 0.15) is 128 Å². The second-order valence-corrected chi connectivity index (χ2v) is 19.8. The monoisotopic (exact) mass is 1250 g/mol. The first-order chi connectivity index (χ1) is 39.6. The molecule has 43 nitrogen and oxygen atoms in total. The van der Waals surface area contributed by atoms with E-state index in [2.05, 4.69) is 4.74 Å². The van der Waals surface area contributed by atoms with Gasteiger partial charge in [0.15, 0.2) is 86.8 Å². The van der Waals surface area contributed by atoms with Gasteiger partial charge in [-0.3, -0.25) is 0 Å². The molecule has 7 fully saturated rings. The molecule has 7 rings (SSSR count). The van der Waals surface area contributed by atoms with Gasteiger partial charge < -0.3 is 179 Å². The van der Waals surface area contributed by atoms with E-state index in [0.29, 0.717) is 0 Å². The minimum Gasteiger partial charge on any atom is -0.479 e. The molecular formula is C42H58O43. The molecule has 23 N–H and O–H groups in total. The summed E-state index contributed by atoms with van der Waals surface area (Å²) in [6.45, 7) is 0. The first kappa shape index (κ1) is 67.6. The van der Waals surface area contributed by atoms with Crippen molar-refractivity contribution in [1.82, 2.24) is 0 Å². The molecule has 484 valence electrons. The zero-order valence-corrected chi connectivity index (χ0v) is 42.2. The predicted octanol–water partition coefficient (Wildman–Crippen LogP) is -15.6. The Morgan fingerprint density at radius 1 is 0.200 bits per heavy atom. The van der Waals surface area contributed by atoms with Crippen LogP contribution in [0.4, 0.5) is 0 Å². The Hall–Kier alpha value is -4.87. The maximum absolute atomic E-state index is 12.6. The normalized spacial score (nSPS) is 49.7. The van der Waals surface area contributed by atoms with Crippen LogP contribution in [0.5, 0.6) is 0 Å². The number of hydrogen-bond acceptors (Lipinski definition) is 36. The van der Waals surface area contributed by atoms with Crippen molar-refractivity contribution in [1.29, 1.82) is 0 Å². The van der Waals surface area contributed by atoms with Crippen molar-refractivity contribution < 1.29 is 213 Å². The van der Waals surface area contributed by atoms with Crippen molar-refractivity contribution in [2.75, 3.05) is 0 Å². The van der Waals surface area contributed by atoms with Crippen LogP contribution in [0.1, 0.15) is 0 Å². The Morgan fingerprint density at radius 3 is 0.565 bits per heavy atom. The molecule has 7 heterocycles. The van der Waals surface area contributed by atoms with Crippen LogP contribution >= 0.6 is 0 Å². The number of aliphatic carboxylic acids is 7. The van der Waals surface area contributed by atoms with Gasteiger partial charge in [0.25, 0.3) is 0 Å². The SMILES string of the molecule is O=C(O)[C@H]1O[C@H](O[C@@H]2[C@H](O)[C@@H](O)[C@@H](O[C@@H]3[C@H](O)[C@@H](O)[C@@H](O[C@@H]4[C@H](O)[C@@H](O)[C@@H](O[C@@H]5[C@H](O)[C@@H](O)[C@@H](O[C@@H]6[C@H](O)[C@@H](O)[C@@H](O[C@@H]7[C@H](O)[C@@H](O)C(O)O[C@@H]7C(=O)O)O[C@@H]6C(=O)O)O[C@@H]5C(=O)O)O[C@@H]4C(=O)O)O[C@@H]3C(=O)O)O[C@@H]2C(=O)O)[C@H](O)[C@@H](O)[C@H]1O. The van der Waals surface area contributed by atoms with Crippen molar-refractivity contribution >= 4 is 41.8 Å². The van der Waals surface area contributed by atoms with Gasteiger partial charge >= 0.3 is 41.8 Å². The van der Waals surface area contributed by atoms with Gasteiger partial charge in [0.2, 0.25) is 0 Å². The fraction of sp³-hybridized carbons (Fsp3) is 0.833. The van der Waals surface area contributed by atoms with Crippen LogP contribution in [0.15, 0.2) is 0 Å². The summed E-state index contributed by atoms with van der Waals surface area (Å²) in [5.41, 5.74) is 0. The van der Waals surface area contributed by atoms with Crippen molar-refractivity contribution in [3.8, 4) is 0 Å². The molecule has 7 saturated heterocycles. The lowest BCUT2D eigenvalue weighted by molar-refractivity contribution is -0.388. The Labute approximate surface area is 469 Å². The highest BCUT2D eigenvalue weighted by Gasteiger charge is 2.62. The average Bonchev–Trinajstić information content (AvgIpc) is 3.42. The molecule has 7 aliphatic rings. The molecule has 85 heavy (non-hydrogen) atoms. The standard InChI is InChI=1S/C42H58O43/c43-1-2(44)22(29(58)59)80-37(10(1)52)75-17-4(46)12(54)39(82-24(17)31(62)63)77-19-6(48)14(56)41(84-26(19)33(66)67)79-21-8(50)15(57)42(85-28(21)35(70)71)78-20-7(49)13(55)40(83-27(20)34(68)69)76-18-5(47)11(53)38(81-25(18)32(64)65)74-16-3(45)9(51)36(72)73-23(16)30(60)61/h1-28,36-57,72H,(H,58,59)(H,60,61)(H,62,63)(H,64,65)(H,66,67)(H,68,69)(H,70,71)/t1-,2+,3+,4+,5+,6+,7+,8+,9+,10+,11+,12+,13+,14+,15+,16+,17+,18+,19+,20+,21+,22-,23-,24-,25-,26-,27-,28-,36?,37-,38-,39-,40-,41-,42-/m0/s1. The molecule has 43 heteroatoms. The van der Waals surface area contributed by atoms with Crippen molar-refractivity contribution in [2.45, 2.75) is 215 Å². The second kappa shape index (κ2) is 26.8. The van der Waals surface area contributed by atoms with E-state index in [4.69, 9.17) is 56.8 Å². The van der Waals surface area contributed by atoms with Crippen LogP contribution in [0.2, 0.25) is 0 Å². The van der Waals surface area contributed by atoms with Gasteiger partial charge in [0, 0.05) is 0 Å². The predicted molar refractivity (Wildman–Crippen MR) is 236 cm³/mol. The van der Waals surface area contributed by atoms with Crippen LogP contribution in [0, 0.1) is 0 Å². The largest absolute Gasteiger partial charge is 0.479 e. The molecule has 0 radical (unpaired) electrons. The highest BCUT2D eigenvalue weighted by molar-refractivity contribution is 5.76. The smallest absolute Gasteiger partial charge is 0.335 e. The van der Waals surface area contributed by atoms with E-state index in [0.717, 1.165) is 0 Å². The van der Waals surface area contributed by atoms with Gasteiger partial charge in [-0.25, -0.2) is 33.6 Å². The van der Waals surface area contributed by atoms with Crippen LogP contribution in [0.25, 0.3) is 0 Å². The number of carboxylic acid groups (broad SMARTS) is 7. The molecule has 0 aromatic carbocycles. The van der Waals surface area contributed by atoms with Gasteiger partial charge in [0.05, 0.1) is 0 Å². The fourth-order valence-electron chi connectivity index (χ4n) is 9.79. The molecule has 1 unspecified atom stereocenters. The maximum atomic E-state index is 12.6. The summed E-state index contributed by atoms with van der Waals surface area (Å²) in [6, 6.07) is 0. The number of aliphatic hydroxyl groups is 16. The minimum absolute atomic E-state index is 1.91. The average molecular weight is 1250 g/mol. The molecule has 0 saturated carbocycles. The van der Waals surface area contributed by atoms with E-state index < -0.39 is 257 Å². The minimum atomic E-state index is -2.71. The number of rotatable bonds is 19. The first-order valence-electron chi connectivity index (χ1n) is 24.6. The lowest BCUT2D eigenvalue weighted by Crippen LogP contribution is -2.69. The van der Waals surface area contributed by atoms with Crippen LogP contribution in [-0.2, 0) is 95.1 Å². The van der Waals surface area contributed by atoms with Crippen LogP contribution in [-0.4, -0.2) is 374 Å². The topological polar surface area (TPSA) is 705 Å². The van der Waals surface area contributed by atoms with E-state index >= 15 is 0 Å². The molecule has 35 atom stereocenters. The Morgan fingerprint density at radius 2 is 0.365 bits per heavy atom. The molecule has 0 amide bonds. The summed E-state index contributed by atoms with van der Waals surface area (Å²) in [7, 11) is 0. The van der Waals surface area contributed by atoms with E-state index in [-0.39, 0.29) is 0 Å². The number of carboxylic acids is 7. The van der Waals surface area contributed by atoms with Gasteiger partial charge in [-0.1, -0.05) is 0 Å². The van der Waals surface area contributed by atoms with Gasteiger partial charge in [-0.15, -0.1) is 0 Å². The summed E-state index contributed by atoms with van der Waals surface area (Å²) in [6.07, 6.45) is -88.0. The van der Waals surface area contributed by atoms with Gasteiger partial charge in [-0.05, 0) is 0 Å². The molecule has 0 aromatic heterocycles. The summed E-state index contributed by atoms with van der Waals surface area (Å²) < 4.78 is 67.1. The molecule has 0 aromatic rings. The lowest BCUT2D eigenvalue weighted by Gasteiger charge is -2.48. The second-order valence-electron chi connectivity index (χ2n) is 19.8. The Balaban J connectivity index is 1.01. The third-order valence-corrected chi connectivity index (χ3v) is 14.3. The molecule has 0 bridgehead atoms. The quantitative estimate of drug-likeness (QED) is 0.0571. The maximum Gasteiger partial charge on any atom is 0.335 e. The third-order valence-electron chi connectivity index (χ3n) is 14.3. The highest BCUT2D eigenvalue weighted by Crippen LogP contribution is 2.38. The summed E-state index contributed by atoms with van der Waals surface area (Å²) >= 11 is 0. The Bertz CT molecular complexity index is 2400. The first-order valence-corrected chi connectivity index (χ1v) is 24.6. The summed E-state index contributed by atoms with van der Waals surface area (Å²) in [5.74, 6) is -14.5. The van der Waals surface area contributed by atoms with Crippen LogP contribution < -0.4 is 0 Å². The number of hydrogen-bond donors (Lipinski definition) is 23. The van der Waals surface area contributed by atoms with Crippen molar-refractivity contribution in [3.63, 3.8) is 0 Å². The lowest BCUT2D eigenvalue weighted by atomic mass is 9.94. The Kier molecular flexibility index (Phi) is 21.4. The zero-order valence-electron chi connectivity index (χ0n) is 42.2. The summed E-state index contributed by atoms with van der Waals surface area (Å²) in [4.78, 5) is 85.8. The number of carbonyl (C=O) groups is 7. The molecule has 0 aliphatic carbocycles. The molecular weight excluding hydrogens is 1190 g/mol. The number of aliphatic hydroxyl groups excluding tert-OH is 16. The van der Waals surface area contributed by atoms with Crippen molar-refractivity contribution in [3.05, 3.63) is 0 Å².